The van der Waals surface area contributed by atoms with Crippen LogP contribution in [0.25, 0.3) is 10.6 Å². The van der Waals surface area contributed by atoms with Gasteiger partial charge in [0.05, 0.1) is 6.04 Å². The van der Waals surface area contributed by atoms with Gasteiger partial charge in [-0.05, 0) is 31.0 Å². The monoisotopic (exact) mass is 267 g/mol. The summed E-state index contributed by atoms with van der Waals surface area (Å²) in [7, 11) is 0. The van der Waals surface area contributed by atoms with E-state index in [1.807, 2.05) is 32.0 Å². The van der Waals surface area contributed by atoms with Crippen molar-refractivity contribution in [1.82, 2.24) is 10.2 Å². The van der Waals surface area contributed by atoms with Crippen molar-refractivity contribution in [3.63, 3.8) is 0 Å². The highest BCUT2D eigenvalue weighted by Gasteiger charge is 2.12. The fraction of sp³-hybridized carbons (Fsp3) is 0.333. The molecular weight excluding hydrogens is 254 g/mol. The Hall–Kier alpha value is -0.970. The van der Waals surface area contributed by atoms with Gasteiger partial charge in [-0.1, -0.05) is 35.9 Å². The first kappa shape index (κ1) is 12.5. The van der Waals surface area contributed by atoms with Crippen molar-refractivity contribution < 1.29 is 0 Å². The van der Waals surface area contributed by atoms with Crippen molar-refractivity contribution in [2.24, 2.45) is 5.73 Å². The average molecular weight is 268 g/mol. The van der Waals surface area contributed by atoms with Crippen LogP contribution in [0.4, 0.5) is 0 Å². The summed E-state index contributed by atoms with van der Waals surface area (Å²) in [5, 5.41) is 10.8. The number of hydrogen-bond donors (Lipinski definition) is 1. The van der Waals surface area contributed by atoms with E-state index >= 15 is 0 Å². The Bertz CT molecular complexity index is 524. The molecule has 1 atom stereocenters. The van der Waals surface area contributed by atoms with Crippen molar-refractivity contribution in [1.29, 1.82) is 0 Å². The second-order valence-corrected chi connectivity index (χ2v) is 5.34. The quantitative estimate of drug-likeness (QED) is 0.925. The highest BCUT2D eigenvalue weighted by atomic mass is 35.5. The summed E-state index contributed by atoms with van der Waals surface area (Å²) >= 11 is 7.54. The second kappa shape index (κ2) is 5.12. The van der Waals surface area contributed by atoms with E-state index in [0.29, 0.717) is 0 Å². The normalized spacial score (nSPS) is 12.7. The predicted octanol–water partition coefficient (Wildman–Crippen LogP) is 3.58. The lowest BCUT2D eigenvalue weighted by atomic mass is 10.1. The topological polar surface area (TPSA) is 51.8 Å². The van der Waals surface area contributed by atoms with Crippen LogP contribution in [0, 0.1) is 6.92 Å². The smallest absolute Gasteiger partial charge is 0.147 e. The number of rotatable bonds is 3. The van der Waals surface area contributed by atoms with Gasteiger partial charge < -0.3 is 5.73 Å². The number of aromatic nitrogens is 2. The summed E-state index contributed by atoms with van der Waals surface area (Å²) in [6.45, 7) is 4.02. The molecule has 2 rings (SSSR count). The van der Waals surface area contributed by atoms with E-state index in [2.05, 4.69) is 10.2 Å². The van der Waals surface area contributed by atoms with Crippen LogP contribution in [0.1, 0.15) is 30.0 Å². The fourth-order valence-corrected chi connectivity index (χ4v) is 2.50. The molecule has 0 aliphatic rings. The maximum absolute atomic E-state index is 5.99. The molecule has 0 spiro atoms. The molecule has 1 unspecified atom stereocenters. The molecule has 0 amide bonds. The molecule has 0 aliphatic heterocycles. The molecule has 0 saturated heterocycles. The van der Waals surface area contributed by atoms with E-state index in [-0.39, 0.29) is 6.04 Å². The van der Waals surface area contributed by atoms with Crippen LogP contribution in [0.15, 0.2) is 18.2 Å². The van der Waals surface area contributed by atoms with E-state index in [4.69, 9.17) is 17.3 Å². The number of hydrogen-bond acceptors (Lipinski definition) is 4. The first-order valence-electron chi connectivity index (χ1n) is 5.47. The Labute approximate surface area is 110 Å². The zero-order chi connectivity index (χ0) is 12.4. The van der Waals surface area contributed by atoms with Crippen LogP contribution < -0.4 is 5.73 Å². The van der Waals surface area contributed by atoms with Crippen LogP contribution in [-0.4, -0.2) is 10.2 Å². The molecule has 0 radical (unpaired) electrons. The lowest BCUT2D eigenvalue weighted by Crippen LogP contribution is -2.07. The molecule has 0 bridgehead atoms. The predicted molar refractivity (Wildman–Crippen MR) is 72.3 cm³/mol. The molecule has 2 N–H and O–H groups in total. The van der Waals surface area contributed by atoms with Crippen molar-refractivity contribution >= 4 is 22.9 Å². The number of nitrogens with zero attached hydrogens (tertiary/aromatic N) is 2. The second-order valence-electron chi connectivity index (χ2n) is 3.92. The third kappa shape index (κ3) is 2.65. The first-order chi connectivity index (χ1) is 8.11. The number of aryl methyl sites for hydroxylation is 1. The van der Waals surface area contributed by atoms with E-state index < -0.39 is 0 Å². The minimum atomic E-state index is -0.0188. The Morgan fingerprint density at radius 3 is 2.82 bits per heavy atom. The Kier molecular flexibility index (Phi) is 3.76. The average Bonchev–Trinajstić information content (AvgIpc) is 2.81. The summed E-state index contributed by atoms with van der Waals surface area (Å²) < 4.78 is 0. The van der Waals surface area contributed by atoms with Gasteiger partial charge in [0.25, 0.3) is 0 Å². The number of benzene rings is 1. The molecule has 17 heavy (non-hydrogen) atoms. The molecule has 3 nitrogen and oxygen atoms in total. The summed E-state index contributed by atoms with van der Waals surface area (Å²) in [4.78, 5) is 0. The lowest BCUT2D eigenvalue weighted by molar-refractivity contribution is 0.683. The van der Waals surface area contributed by atoms with E-state index in [1.54, 1.807) is 11.3 Å². The third-order valence-corrected chi connectivity index (χ3v) is 4.13. The van der Waals surface area contributed by atoms with Crippen molar-refractivity contribution in [3.05, 3.63) is 33.8 Å². The van der Waals surface area contributed by atoms with Gasteiger partial charge in [-0.25, -0.2) is 0 Å². The van der Waals surface area contributed by atoms with Gasteiger partial charge in [0.1, 0.15) is 10.0 Å². The summed E-state index contributed by atoms with van der Waals surface area (Å²) in [6.07, 6.45) is 0.869. The minimum Gasteiger partial charge on any atom is -0.322 e. The zero-order valence-corrected chi connectivity index (χ0v) is 11.3. The zero-order valence-electron chi connectivity index (χ0n) is 9.77. The van der Waals surface area contributed by atoms with Gasteiger partial charge in [-0.2, -0.15) is 0 Å². The minimum absolute atomic E-state index is 0.0188. The van der Waals surface area contributed by atoms with Crippen LogP contribution in [0.3, 0.4) is 0 Å². The van der Waals surface area contributed by atoms with Crippen LogP contribution in [0.2, 0.25) is 5.02 Å². The molecule has 1 aromatic heterocycles. The Morgan fingerprint density at radius 1 is 1.41 bits per heavy atom. The van der Waals surface area contributed by atoms with Gasteiger partial charge in [0, 0.05) is 10.6 Å². The standard InChI is InChI=1S/C12H14ClN3S/c1-3-10(14)12-16-15-11(17-12)8-4-5-9(13)7(2)6-8/h4-6,10H,3,14H2,1-2H3. The van der Waals surface area contributed by atoms with Crippen LogP contribution in [0.5, 0.6) is 0 Å². The van der Waals surface area contributed by atoms with Gasteiger partial charge in [0.2, 0.25) is 0 Å². The Balaban J connectivity index is 2.33. The molecule has 5 heteroatoms. The van der Waals surface area contributed by atoms with E-state index in [1.165, 1.54) is 0 Å². The van der Waals surface area contributed by atoms with Gasteiger partial charge in [-0.3, -0.25) is 0 Å². The summed E-state index contributed by atoms with van der Waals surface area (Å²) in [5.41, 5.74) is 8.01. The third-order valence-electron chi connectivity index (χ3n) is 2.60. The SMILES string of the molecule is CCC(N)c1nnc(-c2ccc(Cl)c(C)c2)s1. The first-order valence-corrected chi connectivity index (χ1v) is 6.66. The van der Waals surface area contributed by atoms with E-state index in [9.17, 15) is 0 Å². The fourth-order valence-electron chi connectivity index (χ4n) is 1.45. The molecular formula is C12H14ClN3S. The molecule has 2 aromatic rings. The summed E-state index contributed by atoms with van der Waals surface area (Å²) in [6, 6.07) is 5.84. The Morgan fingerprint density at radius 2 is 2.18 bits per heavy atom. The van der Waals surface area contributed by atoms with Crippen molar-refractivity contribution in [3.8, 4) is 10.6 Å². The molecule has 1 aromatic carbocycles. The summed E-state index contributed by atoms with van der Waals surface area (Å²) in [5.74, 6) is 0. The van der Waals surface area contributed by atoms with Crippen LogP contribution in [-0.2, 0) is 0 Å². The molecule has 0 aliphatic carbocycles. The highest BCUT2D eigenvalue weighted by Crippen LogP contribution is 2.29. The number of halogens is 1. The molecule has 90 valence electrons. The van der Waals surface area contributed by atoms with Crippen molar-refractivity contribution in [2.75, 3.05) is 0 Å². The van der Waals surface area contributed by atoms with Crippen molar-refractivity contribution in [2.45, 2.75) is 26.3 Å². The highest BCUT2D eigenvalue weighted by molar-refractivity contribution is 7.14. The lowest BCUT2D eigenvalue weighted by Gasteiger charge is -2.01. The molecule has 0 fully saturated rings. The maximum Gasteiger partial charge on any atom is 0.147 e. The van der Waals surface area contributed by atoms with Gasteiger partial charge >= 0.3 is 0 Å². The van der Waals surface area contributed by atoms with E-state index in [0.717, 1.165) is 32.6 Å². The van der Waals surface area contributed by atoms with Gasteiger partial charge in [0.15, 0.2) is 0 Å². The van der Waals surface area contributed by atoms with Gasteiger partial charge in [-0.15, -0.1) is 10.2 Å². The molecule has 0 saturated carbocycles. The maximum atomic E-state index is 5.99. The number of nitrogens with two attached hydrogens (primary N) is 1. The largest absolute Gasteiger partial charge is 0.322 e. The molecule has 1 heterocycles. The van der Waals surface area contributed by atoms with Crippen LogP contribution >= 0.6 is 22.9 Å².